The van der Waals surface area contributed by atoms with Gasteiger partial charge in [-0.15, -0.1) is 0 Å². The van der Waals surface area contributed by atoms with Crippen molar-refractivity contribution in [2.45, 2.75) is 43.5 Å². The first-order valence-electron chi connectivity index (χ1n) is 10.2. The molecular formula is C20H28N4O5S2. The van der Waals surface area contributed by atoms with Crippen LogP contribution in [0.15, 0.2) is 40.3 Å². The van der Waals surface area contributed by atoms with Crippen molar-refractivity contribution in [1.29, 1.82) is 0 Å². The summed E-state index contributed by atoms with van der Waals surface area (Å²) in [7, 11) is -7.24. The zero-order valence-corrected chi connectivity index (χ0v) is 19.6. The van der Waals surface area contributed by atoms with Gasteiger partial charge in [0.2, 0.25) is 15.9 Å². The first kappa shape index (κ1) is 23.4. The quantitative estimate of drug-likeness (QED) is 0.604. The summed E-state index contributed by atoms with van der Waals surface area (Å²) in [5, 5.41) is 4.20. The van der Waals surface area contributed by atoms with Crippen molar-refractivity contribution in [3.05, 3.63) is 41.7 Å². The Hall–Kier alpha value is -2.24. The van der Waals surface area contributed by atoms with Crippen LogP contribution < -0.4 is 0 Å². The molecule has 1 amide bonds. The monoisotopic (exact) mass is 468 g/mol. The minimum absolute atomic E-state index is 0.134. The van der Waals surface area contributed by atoms with Crippen molar-refractivity contribution in [2.75, 3.05) is 31.9 Å². The summed E-state index contributed by atoms with van der Waals surface area (Å²) in [6.45, 7) is 6.76. The highest BCUT2D eigenvalue weighted by Gasteiger charge is 2.32. The van der Waals surface area contributed by atoms with E-state index < -0.39 is 19.9 Å². The van der Waals surface area contributed by atoms with Gasteiger partial charge in [-0.2, -0.15) is 9.40 Å². The number of amides is 1. The molecule has 0 bridgehead atoms. The highest BCUT2D eigenvalue weighted by Crippen LogP contribution is 2.21. The number of nitrogens with zero attached hydrogens (tertiary/aromatic N) is 4. The van der Waals surface area contributed by atoms with Gasteiger partial charge in [-0.3, -0.25) is 9.48 Å². The van der Waals surface area contributed by atoms with Crippen LogP contribution in [0.4, 0.5) is 0 Å². The van der Waals surface area contributed by atoms with Crippen molar-refractivity contribution in [1.82, 2.24) is 19.0 Å². The Morgan fingerprint density at radius 1 is 1.00 bits per heavy atom. The van der Waals surface area contributed by atoms with E-state index in [1.807, 2.05) is 13.8 Å². The maximum atomic E-state index is 12.9. The summed E-state index contributed by atoms with van der Waals surface area (Å²) in [4.78, 5) is 14.4. The number of aryl methyl sites for hydroxylation is 3. The van der Waals surface area contributed by atoms with E-state index >= 15 is 0 Å². The van der Waals surface area contributed by atoms with Crippen LogP contribution >= 0.6 is 0 Å². The van der Waals surface area contributed by atoms with Gasteiger partial charge in [0.1, 0.15) is 4.90 Å². The fourth-order valence-electron chi connectivity index (χ4n) is 3.48. The molecule has 170 valence electrons. The van der Waals surface area contributed by atoms with Gasteiger partial charge < -0.3 is 4.90 Å². The molecule has 0 unspecified atom stereocenters. The molecule has 11 heteroatoms. The lowest BCUT2D eigenvalue weighted by molar-refractivity contribution is -0.131. The summed E-state index contributed by atoms with van der Waals surface area (Å²) in [5.74, 6) is -0.564. The number of benzene rings is 1. The molecule has 1 fully saturated rings. The highest BCUT2D eigenvalue weighted by molar-refractivity contribution is 7.91. The van der Waals surface area contributed by atoms with Crippen molar-refractivity contribution in [2.24, 2.45) is 0 Å². The molecule has 1 aromatic heterocycles. The predicted molar refractivity (Wildman–Crippen MR) is 116 cm³/mol. The predicted octanol–water partition coefficient (Wildman–Crippen LogP) is 1.22. The summed E-state index contributed by atoms with van der Waals surface area (Å²) < 4.78 is 53.7. The topological polar surface area (TPSA) is 110 Å². The number of hydrogen-bond donors (Lipinski definition) is 0. The smallest absolute Gasteiger partial charge is 0.246 e. The minimum atomic E-state index is -3.69. The van der Waals surface area contributed by atoms with Gasteiger partial charge in [0, 0.05) is 45.3 Å². The molecule has 2 aromatic rings. The maximum absolute atomic E-state index is 12.9. The van der Waals surface area contributed by atoms with Crippen LogP contribution in [-0.2, 0) is 31.2 Å². The van der Waals surface area contributed by atoms with Crippen molar-refractivity contribution < 1.29 is 21.6 Å². The Morgan fingerprint density at radius 2 is 1.61 bits per heavy atom. The van der Waals surface area contributed by atoms with Crippen LogP contribution in [0.25, 0.3) is 0 Å². The molecule has 1 aliphatic heterocycles. The van der Waals surface area contributed by atoms with E-state index in [2.05, 4.69) is 5.10 Å². The van der Waals surface area contributed by atoms with Gasteiger partial charge in [0.15, 0.2) is 9.84 Å². The third-order valence-electron chi connectivity index (χ3n) is 5.40. The van der Waals surface area contributed by atoms with Gasteiger partial charge in [-0.25, -0.2) is 16.8 Å². The molecule has 9 nitrogen and oxygen atoms in total. The first-order valence-corrected chi connectivity index (χ1v) is 13.2. The Kier molecular flexibility index (Phi) is 6.87. The minimum Gasteiger partial charge on any atom is -0.340 e. The van der Waals surface area contributed by atoms with Crippen LogP contribution in [0.2, 0.25) is 0 Å². The zero-order chi connectivity index (χ0) is 22.8. The number of carbonyl (C=O) groups excluding carboxylic acids is 1. The second-order valence-electron chi connectivity index (χ2n) is 7.60. The number of aromatic nitrogens is 2. The lowest BCUT2D eigenvalue weighted by atomic mass is 10.2. The molecule has 1 aromatic carbocycles. The number of piperazine rings is 1. The Balaban J connectivity index is 1.58. The third kappa shape index (κ3) is 5.16. The summed E-state index contributed by atoms with van der Waals surface area (Å²) in [6, 6.07) is 6.53. The molecule has 0 saturated carbocycles. The van der Waals surface area contributed by atoms with E-state index in [-0.39, 0.29) is 54.1 Å². The van der Waals surface area contributed by atoms with Crippen LogP contribution in [0.1, 0.15) is 24.6 Å². The SMILES string of the molecule is CCn1cc(S(=O)(=O)N2CCN(C(=O)CCS(=O)(=O)c3ccc(C)cc3)CC2)c(C)n1. The highest BCUT2D eigenvalue weighted by atomic mass is 32.2. The molecule has 3 rings (SSSR count). The molecule has 0 radical (unpaired) electrons. The second-order valence-corrected chi connectivity index (χ2v) is 11.6. The van der Waals surface area contributed by atoms with E-state index in [0.29, 0.717) is 12.2 Å². The molecule has 0 atom stereocenters. The van der Waals surface area contributed by atoms with Gasteiger partial charge in [-0.05, 0) is 32.9 Å². The van der Waals surface area contributed by atoms with E-state index in [1.54, 1.807) is 35.9 Å². The number of hydrogen-bond acceptors (Lipinski definition) is 6. The third-order valence-corrected chi connectivity index (χ3v) is 9.13. The van der Waals surface area contributed by atoms with Crippen LogP contribution in [-0.4, -0.2) is 73.7 Å². The van der Waals surface area contributed by atoms with Crippen molar-refractivity contribution in [3.63, 3.8) is 0 Å². The van der Waals surface area contributed by atoms with Gasteiger partial charge in [0.25, 0.3) is 0 Å². The molecule has 2 heterocycles. The Bertz CT molecular complexity index is 1150. The Morgan fingerprint density at radius 3 is 2.16 bits per heavy atom. The normalized spacial score (nSPS) is 15.9. The number of sulfonamides is 1. The first-order chi connectivity index (χ1) is 14.5. The average Bonchev–Trinajstić information content (AvgIpc) is 3.14. The number of carbonyl (C=O) groups is 1. The molecular weight excluding hydrogens is 440 g/mol. The van der Waals surface area contributed by atoms with Crippen molar-refractivity contribution >= 4 is 25.8 Å². The van der Waals surface area contributed by atoms with Crippen LogP contribution in [0, 0.1) is 13.8 Å². The Labute approximate surface area is 183 Å². The summed E-state index contributed by atoms with van der Waals surface area (Å²) in [5.41, 5.74) is 1.40. The second kappa shape index (κ2) is 9.09. The van der Waals surface area contributed by atoms with E-state index in [0.717, 1.165) is 5.56 Å². The molecule has 1 saturated heterocycles. The molecule has 31 heavy (non-hydrogen) atoms. The largest absolute Gasteiger partial charge is 0.340 e. The maximum Gasteiger partial charge on any atom is 0.246 e. The molecule has 0 aliphatic carbocycles. The van der Waals surface area contributed by atoms with E-state index in [9.17, 15) is 21.6 Å². The molecule has 0 N–H and O–H groups in total. The number of rotatable bonds is 7. The van der Waals surface area contributed by atoms with Gasteiger partial charge >= 0.3 is 0 Å². The average molecular weight is 469 g/mol. The fourth-order valence-corrected chi connectivity index (χ4v) is 6.30. The fraction of sp³-hybridized carbons (Fsp3) is 0.500. The lowest BCUT2D eigenvalue weighted by Gasteiger charge is -2.34. The summed E-state index contributed by atoms with van der Waals surface area (Å²) >= 11 is 0. The van der Waals surface area contributed by atoms with Crippen LogP contribution in [0.5, 0.6) is 0 Å². The lowest BCUT2D eigenvalue weighted by Crippen LogP contribution is -2.50. The van der Waals surface area contributed by atoms with Gasteiger partial charge in [0.05, 0.1) is 16.3 Å². The number of sulfone groups is 1. The molecule has 1 aliphatic rings. The molecule has 0 spiro atoms. The van der Waals surface area contributed by atoms with Crippen LogP contribution in [0.3, 0.4) is 0 Å². The standard InChI is InChI=1S/C20H28N4O5S2/c1-4-23-15-19(17(3)21-23)31(28,29)24-12-10-22(11-13-24)20(25)9-14-30(26,27)18-7-5-16(2)6-8-18/h5-8,15H,4,9-14H2,1-3H3. The van der Waals surface area contributed by atoms with E-state index in [4.69, 9.17) is 0 Å². The summed E-state index contributed by atoms with van der Waals surface area (Å²) in [6.07, 6.45) is 1.39. The van der Waals surface area contributed by atoms with Crippen molar-refractivity contribution in [3.8, 4) is 0 Å². The zero-order valence-electron chi connectivity index (χ0n) is 18.0. The van der Waals surface area contributed by atoms with Gasteiger partial charge in [-0.1, -0.05) is 17.7 Å². The van der Waals surface area contributed by atoms with E-state index in [1.165, 1.54) is 15.4 Å².